The average Bonchev–Trinajstić information content (AvgIpc) is 2.18. The molecule has 0 aliphatic heterocycles. The van der Waals surface area contributed by atoms with Crippen molar-refractivity contribution in [3.63, 3.8) is 0 Å². The second-order valence-electron chi connectivity index (χ2n) is 3.61. The van der Waals surface area contributed by atoms with Gasteiger partial charge >= 0.3 is 0 Å². The first-order chi connectivity index (χ1) is 4.30. The van der Waals surface area contributed by atoms with Crippen LogP contribution < -0.4 is 0 Å². The molecule has 2 heteroatoms. The molecule has 0 heterocycles. The molecule has 6 atom stereocenters. The van der Waals surface area contributed by atoms with Crippen LogP contribution in [0.3, 0.4) is 0 Å². The second-order valence-corrected chi connectivity index (χ2v) is 5.72. The Labute approximate surface area is 71.6 Å². The van der Waals surface area contributed by atoms with Crippen LogP contribution in [0.4, 0.5) is 0 Å². The van der Waals surface area contributed by atoms with Crippen LogP contribution in [-0.4, -0.2) is 9.65 Å². The third-order valence-corrected chi connectivity index (χ3v) is 5.97. The summed E-state index contributed by atoms with van der Waals surface area (Å²) >= 11 is 7.53. The van der Waals surface area contributed by atoms with E-state index >= 15 is 0 Å². The van der Waals surface area contributed by atoms with Gasteiger partial charge < -0.3 is 0 Å². The molecule has 0 aromatic rings. The van der Waals surface area contributed by atoms with Crippen molar-refractivity contribution in [3.8, 4) is 0 Å². The normalized spacial score (nSPS) is 75.3. The number of halogens is 2. The van der Waals surface area contributed by atoms with Crippen LogP contribution in [0.1, 0.15) is 6.42 Å². The first kappa shape index (κ1) is 5.59. The number of alkyl halides is 2. The molecular weight excluding hydrogens is 244 g/mol. The number of hydrogen-bond donors (Lipinski definition) is 0. The monoisotopic (exact) mass is 250 g/mol. The lowest BCUT2D eigenvalue weighted by Gasteiger charge is -2.08. The van der Waals surface area contributed by atoms with E-state index in [1.165, 1.54) is 6.42 Å². The van der Waals surface area contributed by atoms with Crippen LogP contribution in [0.5, 0.6) is 0 Å². The summed E-state index contributed by atoms with van der Waals surface area (Å²) in [6.45, 7) is 0. The quantitative estimate of drug-likeness (QED) is 0.580. The average molecular weight is 252 g/mol. The van der Waals surface area contributed by atoms with Crippen molar-refractivity contribution in [2.45, 2.75) is 16.1 Å². The van der Waals surface area contributed by atoms with Gasteiger partial charge in [-0.25, -0.2) is 0 Å². The summed E-state index contributed by atoms with van der Waals surface area (Å²) in [5, 5.41) is 0. The van der Waals surface area contributed by atoms with Gasteiger partial charge in [0.1, 0.15) is 0 Å². The Morgan fingerprint density at radius 3 is 1.56 bits per heavy atom. The van der Waals surface area contributed by atoms with Crippen molar-refractivity contribution < 1.29 is 0 Å². The van der Waals surface area contributed by atoms with E-state index in [0.717, 1.165) is 33.3 Å². The van der Waals surface area contributed by atoms with Crippen molar-refractivity contribution in [2.75, 3.05) is 0 Å². The summed E-state index contributed by atoms with van der Waals surface area (Å²) in [7, 11) is 0. The molecule has 4 aliphatic carbocycles. The molecule has 9 heavy (non-hydrogen) atoms. The molecule has 4 aliphatic rings. The van der Waals surface area contributed by atoms with Crippen LogP contribution >= 0.6 is 31.9 Å². The fourth-order valence-electron chi connectivity index (χ4n) is 2.96. The molecule has 4 fully saturated rings. The summed E-state index contributed by atoms with van der Waals surface area (Å²) in [6, 6.07) is 0. The fraction of sp³-hybridized carbons (Fsp3) is 1.00. The first-order valence-electron chi connectivity index (χ1n) is 3.59. The second kappa shape index (κ2) is 1.42. The molecule has 0 aromatic heterocycles. The van der Waals surface area contributed by atoms with Gasteiger partial charge in [-0.15, -0.1) is 0 Å². The van der Waals surface area contributed by atoms with Crippen LogP contribution in [0.2, 0.25) is 0 Å². The molecule has 0 radical (unpaired) electrons. The SMILES string of the molecule is Br[C@@H]1C2C3CC1[C@@H](Br)C32. The van der Waals surface area contributed by atoms with E-state index in [1.54, 1.807) is 0 Å². The minimum absolute atomic E-state index is 0.872. The first-order valence-corrected chi connectivity index (χ1v) is 5.42. The Morgan fingerprint density at radius 2 is 1.44 bits per heavy atom. The van der Waals surface area contributed by atoms with Crippen molar-refractivity contribution in [1.82, 2.24) is 0 Å². The zero-order valence-electron chi connectivity index (χ0n) is 4.93. The highest BCUT2D eigenvalue weighted by atomic mass is 79.9. The molecule has 4 unspecified atom stereocenters. The Morgan fingerprint density at radius 1 is 0.889 bits per heavy atom. The minimum atomic E-state index is 0.872. The van der Waals surface area contributed by atoms with Crippen molar-refractivity contribution >= 4 is 31.9 Å². The van der Waals surface area contributed by atoms with Crippen LogP contribution in [0, 0.1) is 23.7 Å². The van der Waals surface area contributed by atoms with Gasteiger partial charge in [0.05, 0.1) is 0 Å². The zero-order valence-corrected chi connectivity index (χ0v) is 8.10. The van der Waals surface area contributed by atoms with Gasteiger partial charge in [-0.2, -0.15) is 0 Å². The molecule has 4 saturated carbocycles. The van der Waals surface area contributed by atoms with E-state index < -0.39 is 0 Å². The lowest BCUT2D eigenvalue weighted by Crippen LogP contribution is -2.09. The molecule has 50 valence electrons. The molecular formula is C7H8Br2. The van der Waals surface area contributed by atoms with E-state index in [-0.39, 0.29) is 0 Å². The topological polar surface area (TPSA) is 0 Å². The zero-order chi connectivity index (χ0) is 6.17. The lowest BCUT2D eigenvalue weighted by atomic mass is 10.1. The molecule has 0 N–H and O–H groups in total. The van der Waals surface area contributed by atoms with Gasteiger partial charge in [0.25, 0.3) is 0 Å². The maximum absolute atomic E-state index is 3.76. The molecule has 0 spiro atoms. The summed E-state index contributed by atoms with van der Waals surface area (Å²) in [4.78, 5) is 1.74. The third-order valence-electron chi connectivity index (χ3n) is 3.39. The van der Waals surface area contributed by atoms with Crippen LogP contribution in [-0.2, 0) is 0 Å². The summed E-state index contributed by atoms with van der Waals surface area (Å²) in [5.41, 5.74) is 0. The van der Waals surface area contributed by atoms with Crippen molar-refractivity contribution in [3.05, 3.63) is 0 Å². The highest BCUT2D eigenvalue weighted by Crippen LogP contribution is 2.74. The summed E-state index contributed by atoms with van der Waals surface area (Å²) < 4.78 is 0. The van der Waals surface area contributed by atoms with E-state index in [2.05, 4.69) is 31.9 Å². The van der Waals surface area contributed by atoms with Gasteiger partial charge in [-0.1, -0.05) is 31.9 Å². The molecule has 0 amide bonds. The highest BCUT2D eigenvalue weighted by Gasteiger charge is 2.72. The fourth-order valence-corrected chi connectivity index (χ4v) is 5.95. The summed E-state index contributed by atoms with van der Waals surface area (Å²) in [5.74, 6) is 4.23. The van der Waals surface area contributed by atoms with E-state index in [4.69, 9.17) is 0 Å². The van der Waals surface area contributed by atoms with Crippen LogP contribution in [0.25, 0.3) is 0 Å². The number of rotatable bonds is 0. The molecule has 0 nitrogen and oxygen atoms in total. The van der Waals surface area contributed by atoms with Gasteiger partial charge in [-0.05, 0) is 30.1 Å². The highest BCUT2D eigenvalue weighted by molar-refractivity contribution is 9.10. The number of hydrogen-bond acceptors (Lipinski definition) is 0. The van der Waals surface area contributed by atoms with E-state index in [1.807, 2.05) is 0 Å². The van der Waals surface area contributed by atoms with Crippen molar-refractivity contribution in [2.24, 2.45) is 23.7 Å². The van der Waals surface area contributed by atoms with E-state index in [0.29, 0.717) is 0 Å². The Hall–Kier alpha value is 0.960. The van der Waals surface area contributed by atoms with Gasteiger partial charge in [0.2, 0.25) is 0 Å². The minimum Gasteiger partial charge on any atom is -0.0884 e. The van der Waals surface area contributed by atoms with Crippen LogP contribution in [0.15, 0.2) is 0 Å². The largest absolute Gasteiger partial charge is 0.0884 e. The smallest absolute Gasteiger partial charge is 0.0219 e. The lowest BCUT2D eigenvalue weighted by molar-refractivity contribution is 0.638. The maximum atomic E-state index is 3.76. The summed E-state index contributed by atoms with van der Waals surface area (Å²) in [6.07, 6.45) is 1.50. The van der Waals surface area contributed by atoms with Gasteiger partial charge in [-0.3, -0.25) is 0 Å². The predicted octanol–water partition coefficient (Wildman–Crippen LogP) is 2.41. The molecule has 4 bridgehead atoms. The van der Waals surface area contributed by atoms with Gasteiger partial charge in [0, 0.05) is 9.65 Å². The molecule has 0 aromatic carbocycles. The predicted molar refractivity (Wildman–Crippen MR) is 44.0 cm³/mol. The van der Waals surface area contributed by atoms with Gasteiger partial charge in [0.15, 0.2) is 0 Å². The Bertz CT molecular complexity index is 148. The molecule has 4 rings (SSSR count). The third kappa shape index (κ3) is 0.453. The Balaban J connectivity index is 2.07. The standard InChI is InChI=1S/C7H8Br2/c8-6-3-1-2-4(6)5(2)7(3)9/h2-7H,1H2/t2?,3?,4?,5?,6-,7+. The maximum Gasteiger partial charge on any atom is 0.0219 e. The molecule has 0 saturated heterocycles. The van der Waals surface area contributed by atoms with Crippen molar-refractivity contribution in [1.29, 1.82) is 0 Å². The van der Waals surface area contributed by atoms with E-state index in [9.17, 15) is 0 Å². The Kier molecular flexibility index (Phi) is 0.885.